The molecule has 0 radical (unpaired) electrons. The second kappa shape index (κ2) is 10.2. The standard InChI is InChI=1S/C42H29N5/c1-3-11-27(12-4-1)40-43-41(28-13-5-2-6-14-28)45-42(44-40)47-37-18-10-8-16-34(37)35-25-29(21-22-38(35)47)30-19-20-32-24-33-23-31-15-7-9-17-36(31)46(33)39(32)26-30/h1-22,25-26,33H,23-24H2. The number of para-hydroxylation sites is 2. The van der Waals surface area contributed by atoms with Crippen molar-refractivity contribution in [1.82, 2.24) is 19.5 Å². The fourth-order valence-electron chi connectivity index (χ4n) is 7.61. The lowest BCUT2D eigenvalue weighted by atomic mass is 9.99. The van der Waals surface area contributed by atoms with Gasteiger partial charge in [-0.3, -0.25) is 4.57 Å². The molecule has 0 saturated carbocycles. The first kappa shape index (κ1) is 26.2. The van der Waals surface area contributed by atoms with E-state index >= 15 is 0 Å². The lowest BCUT2D eigenvalue weighted by Crippen LogP contribution is -2.22. The molecular weight excluding hydrogens is 574 g/mol. The predicted molar refractivity (Wildman–Crippen MR) is 190 cm³/mol. The van der Waals surface area contributed by atoms with Crippen LogP contribution in [0.2, 0.25) is 0 Å². The van der Waals surface area contributed by atoms with Crippen molar-refractivity contribution in [1.29, 1.82) is 0 Å². The Kier molecular flexibility index (Phi) is 5.70. The number of rotatable bonds is 4. The zero-order valence-electron chi connectivity index (χ0n) is 25.6. The second-order valence-corrected chi connectivity index (χ2v) is 12.5. The maximum Gasteiger partial charge on any atom is 0.238 e. The first-order chi connectivity index (χ1) is 23.3. The molecule has 4 heterocycles. The maximum atomic E-state index is 5.08. The number of hydrogen-bond donors (Lipinski definition) is 0. The summed E-state index contributed by atoms with van der Waals surface area (Å²) in [6.07, 6.45) is 2.21. The third-order valence-electron chi connectivity index (χ3n) is 9.77. The van der Waals surface area contributed by atoms with Crippen LogP contribution >= 0.6 is 0 Å². The smallest absolute Gasteiger partial charge is 0.238 e. The molecule has 0 bridgehead atoms. The van der Waals surface area contributed by atoms with E-state index in [1.165, 1.54) is 44.4 Å². The molecular formula is C42H29N5. The number of hydrogen-bond acceptors (Lipinski definition) is 4. The highest BCUT2D eigenvalue weighted by Gasteiger charge is 2.36. The Balaban J connectivity index is 1.14. The van der Waals surface area contributed by atoms with Crippen molar-refractivity contribution in [3.63, 3.8) is 0 Å². The Morgan fingerprint density at radius 2 is 1.04 bits per heavy atom. The van der Waals surface area contributed by atoms with Gasteiger partial charge in [0.1, 0.15) is 0 Å². The molecule has 0 aliphatic carbocycles. The largest absolute Gasteiger partial charge is 0.337 e. The SMILES string of the molecule is c1ccc(-c2nc(-c3ccccc3)nc(-n3c4ccccc4c4cc(-c5ccc6c(c5)N5c7ccccc7CC5C6)ccc43)n2)cc1. The topological polar surface area (TPSA) is 46.8 Å². The van der Waals surface area contributed by atoms with E-state index in [0.717, 1.165) is 35.0 Å². The first-order valence-corrected chi connectivity index (χ1v) is 16.2. The van der Waals surface area contributed by atoms with Gasteiger partial charge >= 0.3 is 0 Å². The maximum absolute atomic E-state index is 5.08. The minimum absolute atomic E-state index is 0.514. The van der Waals surface area contributed by atoms with Gasteiger partial charge < -0.3 is 4.90 Å². The van der Waals surface area contributed by atoms with Crippen LogP contribution in [0.15, 0.2) is 146 Å². The molecule has 10 rings (SSSR count). The number of benzene rings is 6. The first-order valence-electron chi connectivity index (χ1n) is 16.2. The fraction of sp³-hybridized carbons (Fsp3) is 0.0714. The summed E-state index contributed by atoms with van der Waals surface area (Å²) >= 11 is 0. The van der Waals surface area contributed by atoms with Gasteiger partial charge in [0, 0.05) is 39.3 Å². The van der Waals surface area contributed by atoms with Crippen molar-refractivity contribution >= 4 is 33.2 Å². The third kappa shape index (κ3) is 4.13. The summed E-state index contributed by atoms with van der Waals surface area (Å²) in [6.45, 7) is 0. The molecule has 2 aliphatic rings. The quantitative estimate of drug-likeness (QED) is 0.201. The summed E-state index contributed by atoms with van der Waals surface area (Å²) in [5.41, 5.74) is 12.0. The average Bonchev–Trinajstić information content (AvgIpc) is 3.79. The molecule has 0 spiro atoms. The molecule has 2 aliphatic heterocycles. The summed E-state index contributed by atoms with van der Waals surface area (Å²) in [7, 11) is 0. The van der Waals surface area contributed by atoms with Crippen molar-refractivity contribution in [3.8, 4) is 39.9 Å². The van der Waals surface area contributed by atoms with Gasteiger partial charge in [-0.1, -0.05) is 115 Å². The van der Waals surface area contributed by atoms with Gasteiger partial charge in [-0.2, -0.15) is 9.97 Å². The molecule has 222 valence electrons. The molecule has 6 aromatic carbocycles. The summed E-state index contributed by atoms with van der Waals surface area (Å²) < 4.78 is 2.18. The van der Waals surface area contributed by atoms with E-state index < -0.39 is 0 Å². The molecule has 1 unspecified atom stereocenters. The molecule has 2 aromatic heterocycles. The van der Waals surface area contributed by atoms with Crippen LogP contribution in [-0.2, 0) is 12.8 Å². The van der Waals surface area contributed by atoms with Crippen molar-refractivity contribution in [2.45, 2.75) is 18.9 Å². The lowest BCUT2D eigenvalue weighted by molar-refractivity contribution is 0.725. The van der Waals surface area contributed by atoms with E-state index in [9.17, 15) is 0 Å². The van der Waals surface area contributed by atoms with Gasteiger partial charge in [0.2, 0.25) is 5.95 Å². The van der Waals surface area contributed by atoms with Gasteiger partial charge in [0.15, 0.2) is 11.6 Å². The minimum atomic E-state index is 0.514. The van der Waals surface area contributed by atoms with Gasteiger partial charge in [-0.15, -0.1) is 0 Å². The molecule has 0 saturated heterocycles. The van der Waals surface area contributed by atoms with Crippen LogP contribution in [0.5, 0.6) is 0 Å². The van der Waals surface area contributed by atoms with E-state index in [-0.39, 0.29) is 0 Å². The van der Waals surface area contributed by atoms with E-state index in [4.69, 9.17) is 15.0 Å². The molecule has 0 fully saturated rings. The van der Waals surface area contributed by atoms with E-state index in [1.807, 2.05) is 60.7 Å². The third-order valence-corrected chi connectivity index (χ3v) is 9.77. The van der Waals surface area contributed by atoms with Crippen LogP contribution in [-0.4, -0.2) is 25.6 Å². The van der Waals surface area contributed by atoms with Crippen LogP contribution in [0, 0.1) is 0 Å². The van der Waals surface area contributed by atoms with Gasteiger partial charge in [-0.05, 0) is 65.4 Å². The zero-order chi connectivity index (χ0) is 30.9. The van der Waals surface area contributed by atoms with Crippen molar-refractivity contribution in [3.05, 3.63) is 157 Å². The molecule has 5 heteroatoms. The van der Waals surface area contributed by atoms with Crippen molar-refractivity contribution in [2.24, 2.45) is 0 Å². The lowest BCUT2D eigenvalue weighted by Gasteiger charge is -2.21. The van der Waals surface area contributed by atoms with Crippen LogP contribution in [0.4, 0.5) is 11.4 Å². The summed E-state index contributed by atoms with van der Waals surface area (Å²) in [5, 5.41) is 2.34. The zero-order valence-corrected chi connectivity index (χ0v) is 25.6. The van der Waals surface area contributed by atoms with Crippen LogP contribution in [0.1, 0.15) is 11.1 Å². The Hall–Kier alpha value is -6.07. The van der Waals surface area contributed by atoms with E-state index in [2.05, 4.69) is 94.4 Å². The van der Waals surface area contributed by atoms with Crippen LogP contribution in [0.25, 0.3) is 61.7 Å². The Labute approximate surface area is 272 Å². The monoisotopic (exact) mass is 603 g/mol. The highest BCUT2D eigenvalue weighted by molar-refractivity contribution is 6.10. The minimum Gasteiger partial charge on any atom is -0.337 e. The fourth-order valence-corrected chi connectivity index (χ4v) is 7.61. The number of nitrogens with zero attached hydrogens (tertiary/aromatic N) is 5. The van der Waals surface area contributed by atoms with E-state index in [0.29, 0.717) is 23.6 Å². The summed E-state index contributed by atoms with van der Waals surface area (Å²) in [5.74, 6) is 1.90. The highest BCUT2D eigenvalue weighted by Crippen LogP contribution is 2.47. The predicted octanol–water partition coefficient (Wildman–Crippen LogP) is 9.59. The molecule has 5 nitrogen and oxygen atoms in total. The molecule has 0 amide bonds. The van der Waals surface area contributed by atoms with Crippen LogP contribution < -0.4 is 4.90 Å². The molecule has 47 heavy (non-hydrogen) atoms. The number of fused-ring (bicyclic) bond motifs is 8. The van der Waals surface area contributed by atoms with Crippen LogP contribution in [0.3, 0.4) is 0 Å². The summed E-state index contributed by atoms with van der Waals surface area (Å²) in [6, 6.07) is 52.0. The Morgan fingerprint density at radius 1 is 0.447 bits per heavy atom. The number of aromatic nitrogens is 4. The molecule has 1 atom stereocenters. The summed E-state index contributed by atoms with van der Waals surface area (Å²) in [4.78, 5) is 17.6. The highest BCUT2D eigenvalue weighted by atomic mass is 15.2. The van der Waals surface area contributed by atoms with Gasteiger partial charge in [-0.25, -0.2) is 4.98 Å². The Morgan fingerprint density at radius 3 is 1.81 bits per heavy atom. The Bertz CT molecular complexity index is 2420. The molecule has 0 N–H and O–H groups in total. The van der Waals surface area contributed by atoms with Crippen molar-refractivity contribution in [2.75, 3.05) is 4.90 Å². The number of anilines is 2. The average molecular weight is 604 g/mol. The van der Waals surface area contributed by atoms with Gasteiger partial charge in [0.25, 0.3) is 0 Å². The normalized spacial score (nSPS) is 14.8. The second-order valence-electron chi connectivity index (χ2n) is 12.5. The van der Waals surface area contributed by atoms with E-state index in [1.54, 1.807) is 0 Å². The van der Waals surface area contributed by atoms with Gasteiger partial charge in [0.05, 0.1) is 11.0 Å². The molecule has 8 aromatic rings. The van der Waals surface area contributed by atoms with Crippen molar-refractivity contribution < 1.29 is 0 Å².